The van der Waals surface area contributed by atoms with E-state index in [1.54, 1.807) is 0 Å². The maximum Gasteiger partial charge on any atom is 0.269 e. The number of aromatic nitrogens is 2. The summed E-state index contributed by atoms with van der Waals surface area (Å²) in [5.74, 6) is -0.166. The molecule has 1 amide bonds. The maximum atomic E-state index is 12.2. The second-order valence-electron chi connectivity index (χ2n) is 4.92. The van der Waals surface area contributed by atoms with Gasteiger partial charge in [0, 0.05) is 17.1 Å². The predicted molar refractivity (Wildman–Crippen MR) is 93.4 cm³/mol. The summed E-state index contributed by atoms with van der Waals surface area (Å²) in [6.45, 7) is 1.96. The van der Waals surface area contributed by atoms with Gasteiger partial charge >= 0.3 is 0 Å². The van der Waals surface area contributed by atoms with Crippen molar-refractivity contribution in [2.75, 3.05) is 10.6 Å². The number of carbonyl (C=O) groups is 1. The van der Waals surface area contributed by atoms with Crippen molar-refractivity contribution in [3.63, 3.8) is 0 Å². The van der Waals surface area contributed by atoms with Gasteiger partial charge in [-0.05, 0) is 54.4 Å². The van der Waals surface area contributed by atoms with Crippen LogP contribution in [0.5, 0.6) is 0 Å². The van der Waals surface area contributed by atoms with Gasteiger partial charge in [0.1, 0.15) is 4.88 Å². The van der Waals surface area contributed by atoms with Gasteiger partial charge in [-0.25, -0.2) is 0 Å². The van der Waals surface area contributed by atoms with E-state index in [2.05, 4.69) is 20.2 Å². The van der Waals surface area contributed by atoms with Crippen LogP contribution in [-0.4, -0.2) is 15.5 Å². The molecule has 0 aliphatic rings. The zero-order valence-corrected chi connectivity index (χ0v) is 13.4. The number of para-hydroxylation sites is 1. The molecule has 0 atom stereocenters. The summed E-state index contributed by atoms with van der Waals surface area (Å²) in [7, 11) is 0. The van der Waals surface area contributed by atoms with Crippen LogP contribution in [0.1, 0.15) is 22.3 Å². The number of benzene rings is 2. The molecular formula is C17H16N4OS. The SMILES string of the molecule is CCc1nnsc1C(=O)Nc1ccc(Nc2ccccc2)cc1. The fourth-order valence-electron chi connectivity index (χ4n) is 2.13. The van der Waals surface area contributed by atoms with Crippen molar-refractivity contribution < 1.29 is 4.79 Å². The van der Waals surface area contributed by atoms with E-state index in [1.165, 1.54) is 0 Å². The molecule has 3 rings (SSSR count). The van der Waals surface area contributed by atoms with Crippen LogP contribution >= 0.6 is 11.5 Å². The molecule has 1 heterocycles. The second-order valence-corrected chi connectivity index (χ2v) is 5.68. The first-order valence-corrected chi connectivity index (χ1v) is 8.08. The molecule has 5 nitrogen and oxygen atoms in total. The van der Waals surface area contributed by atoms with Crippen molar-refractivity contribution >= 4 is 34.5 Å². The lowest BCUT2D eigenvalue weighted by Crippen LogP contribution is -2.12. The van der Waals surface area contributed by atoms with E-state index < -0.39 is 0 Å². The highest BCUT2D eigenvalue weighted by Crippen LogP contribution is 2.20. The first kappa shape index (κ1) is 15.2. The minimum atomic E-state index is -0.166. The number of anilines is 3. The Morgan fingerprint density at radius 3 is 2.35 bits per heavy atom. The van der Waals surface area contributed by atoms with Gasteiger partial charge in [0.15, 0.2) is 0 Å². The number of nitrogens with zero attached hydrogens (tertiary/aromatic N) is 2. The van der Waals surface area contributed by atoms with E-state index in [4.69, 9.17) is 0 Å². The molecule has 23 heavy (non-hydrogen) atoms. The number of carbonyl (C=O) groups excluding carboxylic acids is 1. The summed E-state index contributed by atoms with van der Waals surface area (Å²) in [5, 5.41) is 10.1. The smallest absolute Gasteiger partial charge is 0.269 e. The Balaban J connectivity index is 1.67. The van der Waals surface area contributed by atoms with E-state index in [0.29, 0.717) is 11.3 Å². The van der Waals surface area contributed by atoms with E-state index in [9.17, 15) is 4.79 Å². The first-order valence-electron chi connectivity index (χ1n) is 7.31. The lowest BCUT2D eigenvalue weighted by atomic mass is 10.2. The van der Waals surface area contributed by atoms with Gasteiger partial charge in [-0.15, -0.1) is 5.10 Å². The van der Waals surface area contributed by atoms with Crippen LogP contribution in [0.15, 0.2) is 54.6 Å². The van der Waals surface area contributed by atoms with Crippen molar-refractivity contribution in [2.24, 2.45) is 0 Å². The average Bonchev–Trinajstić information content (AvgIpc) is 3.06. The molecule has 6 heteroatoms. The number of hydrogen-bond donors (Lipinski definition) is 2. The molecule has 1 aromatic heterocycles. The second kappa shape index (κ2) is 7.02. The van der Waals surface area contributed by atoms with Crippen LogP contribution < -0.4 is 10.6 Å². The Kier molecular flexibility index (Phi) is 4.63. The molecule has 3 aromatic rings. The van der Waals surface area contributed by atoms with E-state index >= 15 is 0 Å². The summed E-state index contributed by atoms with van der Waals surface area (Å²) in [4.78, 5) is 12.8. The zero-order valence-electron chi connectivity index (χ0n) is 12.6. The standard InChI is InChI=1S/C17H16N4OS/c1-2-15-16(23-21-20-15)17(22)19-14-10-8-13(9-11-14)18-12-6-4-3-5-7-12/h3-11,18H,2H2,1H3,(H,19,22). The number of nitrogens with one attached hydrogen (secondary N) is 2. The number of rotatable bonds is 5. The third kappa shape index (κ3) is 3.73. The van der Waals surface area contributed by atoms with E-state index in [0.717, 1.165) is 34.3 Å². The summed E-state index contributed by atoms with van der Waals surface area (Å²) in [6.07, 6.45) is 0.694. The quantitative estimate of drug-likeness (QED) is 0.741. The summed E-state index contributed by atoms with van der Waals surface area (Å²) in [5.41, 5.74) is 3.45. The Hall–Kier alpha value is -2.73. The molecule has 0 aliphatic heterocycles. The van der Waals surface area contributed by atoms with Crippen LogP contribution in [0.3, 0.4) is 0 Å². The third-order valence-corrected chi connectivity index (χ3v) is 4.07. The highest BCUT2D eigenvalue weighted by Gasteiger charge is 2.14. The zero-order chi connectivity index (χ0) is 16.1. The molecule has 2 N–H and O–H groups in total. The minimum absolute atomic E-state index is 0.166. The molecule has 0 fully saturated rings. The number of amides is 1. The van der Waals surface area contributed by atoms with Crippen LogP contribution in [0.25, 0.3) is 0 Å². The van der Waals surface area contributed by atoms with Crippen LogP contribution in [-0.2, 0) is 6.42 Å². The molecular weight excluding hydrogens is 308 g/mol. The topological polar surface area (TPSA) is 66.9 Å². The number of hydrogen-bond acceptors (Lipinski definition) is 5. The molecule has 0 unspecified atom stereocenters. The minimum Gasteiger partial charge on any atom is -0.356 e. The molecule has 2 aromatic carbocycles. The Bertz CT molecular complexity index is 784. The van der Waals surface area contributed by atoms with Crippen LogP contribution in [0.2, 0.25) is 0 Å². The van der Waals surface area contributed by atoms with Gasteiger partial charge in [-0.3, -0.25) is 4.79 Å². The summed E-state index contributed by atoms with van der Waals surface area (Å²) in [6, 6.07) is 17.5. The van der Waals surface area contributed by atoms with Gasteiger partial charge in [-0.2, -0.15) is 0 Å². The largest absolute Gasteiger partial charge is 0.356 e. The van der Waals surface area contributed by atoms with Crippen molar-refractivity contribution in [3.8, 4) is 0 Å². The van der Waals surface area contributed by atoms with Gasteiger partial charge < -0.3 is 10.6 Å². The Morgan fingerprint density at radius 1 is 1.00 bits per heavy atom. The average molecular weight is 324 g/mol. The molecule has 0 bridgehead atoms. The third-order valence-electron chi connectivity index (χ3n) is 3.30. The monoisotopic (exact) mass is 324 g/mol. The molecule has 0 spiro atoms. The predicted octanol–water partition coefficient (Wildman–Crippen LogP) is 4.10. The first-order chi connectivity index (χ1) is 11.3. The Labute approximate surface area is 138 Å². The van der Waals surface area contributed by atoms with Gasteiger partial charge in [0.05, 0.1) is 5.69 Å². The highest BCUT2D eigenvalue weighted by molar-refractivity contribution is 7.08. The normalized spacial score (nSPS) is 10.3. The van der Waals surface area contributed by atoms with Crippen LogP contribution in [0.4, 0.5) is 17.1 Å². The van der Waals surface area contributed by atoms with Crippen molar-refractivity contribution in [1.82, 2.24) is 9.59 Å². The molecule has 0 aliphatic carbocycles. The highest BCUT2D eigenvalue weighted by atomic mass is 32.1. The molecule has 0 saturated heterocycles. The summed E-state index contributed by atoms with van der Waals surface area (Å²) < 4.78 is 3.84. The Morgan fingerprint density at radius 2 is 1.65 bits per heavy atom. The van der Waals surface area contributed by atoms with Crippen LogP contribution in [0, 0.1) is 0 Å². The summed E-state index contributed by atoms with van der Waals surface area (Å²) >= 11 is 1.12. The van der Waals surface area contributed by atoms with E-state index in [1.807, 2.05) is 61.5 Å². The molecule has 0 saturated carbocycles. The van der Waals surface area contributed by atoms with Crippen molar-refractivity contribution in [1.29, 1.82) is 0 Å². The molecule has 116 valence electrons. The lowest BCUT2D eigenvalue weighted by Gasteiger charge is -2.08. The number of aryl methyl sites for hydroxylation is 1. The fourth-order valence-corrected chi connectivity index (χ4v) is 2.77. The van der Waals surface area contributed by atoms with Crippen molar-refractivity contribution in [2.45, 2.75) is 13.3 Å². The molecule has 0 radical (unpaired) electrons. The van der Waals surface area contributed by atoms with Gasteiger partial charge in [-0.1, -0.05) is 29.6 Å². The maximum absolute atomic E-state index is 12.2. The fraction of sp³-hybridized carbons (Fsp3) is 0.118. The van der Waals surface area contributed by atoms with Gasteiger partial charge in [0.25, 0.3) is 5.91 Å². The van der Waals surface area contributed by atoms with Crippen molar-refractivity contribution in [3.05, 3.63) is 65.2 Å². The van der Waals surface area contributed by atoms with E-state index in [-0.39, 0.29) is 5.91 Å². The van der Waals surface area contributed by atoms with Gasteiger partial charge in [0.2, 0.25) is 0 Å². The lowest BCUT2D eigenvalue weighted by molar-refractivity contribution is 0.102.